The van der Waals surface area contributed by atoms with Gasteiger partial charge in [0, 0.05) is 23.7 Å². The minimum atomic E-state index is -3.43. The van der Waals surface area contributed by atoms with E-state index in [4.69, 9.17) is 0 Å². The van der Waals surface area contributed by atoms with Gasteiger partial charge in [-0.3, -0.25) is 4.79 Å². The van der Waals surface area contributed by atoms with Crippen molar-refractivity contribution in [2.24, 2.45) is 0 Å². The van der Waals surface area contributed by atoms with E-state index in [0.717, 1.165) is 28.9 Å². The van der Waals surface area contributed by atoms with E-state index in [1.54, 1.807) is 24.3 Å². The Labute approximate surface area is 171 Å². The zero-order chi connectivity index (χ0) is 20.3. The summed E-state index contributed by atoms with van der Waals surface area (Å²) in [5, 5.41) is 2.61. The van der Waals surface area contributed by atoms with Gasteiger partial charge in [0.2, 0.25) is 15.9 Å². The number of hydrogen-bond acceptors (Lipinski definition) is 4. The molecule has 3 rings (SSSR count). The lowest BCUT2D eigenvalue weighted by atomic mass is 10.2. The summed E-state index contributed by atoms with van der Waals surface area (Å²) in [6.07, 6.45) is 1.81. The number of carbonyl (C=O) groups excluding carboxylic acids is 1. The normalized spacial score (nSPS) is 16.1. The number of nitrogens with one attached hydrogen (secondary N) is 1. The molecule has 28 heavy (non-hydrogen) atoms. The van der Waals surface area contributed by atoms with Gasteiger partial charge in [0.25, 0.3) is 0 Å². The molecule has 7 heteroatoms. The van der Waals surface area contributed by atoms with Crippen molar-refractivity contribution in [3.8, 4) is 0 Å². The molecule has 1 atom stereocenters. The SMILES string of the molecule is Cc1ccc(C)c(SC(C)C(=O)Nc2ccc(S(=O)(=O)N3CCCC3)cc2)c1. The predicted octanol–water partition coefficient (Wildman–Crippen LogP) is 4.21. The summed E-state index contributed by atoms with van der Waals surface area (Å²) < 4.78 is 26.7. The third-order valence-corrected chi connectivity index (χ3v) is 8.02. The van der Waals surface area contributed by atoms with Crippen LogP contribution in [0.2, 0.25) is 0 Å². The third kappa shape index (κ3) is 4.77. The molecule has 1 fully saturated rings. The molecule has 2 aromatic carbocycles. The molecular formula is C21H26N2O3S2. The number of carbonyl (C=O) groups is 1. The maximum atomic E-state index is 12.6. The second-order valence-electron chi connectivity index (χ2n) is 7.15. The fourth-order valence-corrected chi connectivity index (χ4v) is 5.68. The maximum absolute atomic E-state index is 12.6. The van der Waals surface area contributed by atoms with Crippen LogP contribution < -0.4 is 5.32 Å². The molecule has 2 aromatic rings. The summed E-state index contributed by atoms with van der Waals surface area (Å²) >= 11 is 1.52. The van der Waals surface area contributed by atoms with Crippen molar-refractivity contribution in [3.05, 3.63) is 53.6 Å². The largest absolute Gasteiger partial charge is 0.325 e. The van der Waals surface area contributed by atoms with Crippen molar-refractivity contribution >= 4 is 33.4 Å². The quantitative estimate of drug-likeness (QED) is 0.714. The Kier molecular flexibility index (Phi) is 6.47. The topological polar surface area (TPSA) is 66.5 Å². The summed E-state index contributed by atoms with van der Waals surface area (Å²) in [5.74, 6) is -0.110. The molecule has 0 bridgehead atoms. The first-order valence-electron chi connectivity index (χ1n) is 9.42. The molecular weight excluding hydrogens is 392 g/mol. The Morgan fingerprint density at radius 2 is 1.71 bits per heavy atom. The van der Waals surface area contributed by atoms with Crippen molar-refractivity contribution in [1.82, 2.24) is 4.31 Å². The van der Waals surface area contributed by atoms with E-state index < -0.39 is 10.0 Å². The Balaban J connectivity index is 1.64. The van der Waals surface area contributed by atoms with Gasteiger partial charge < -0.3 is 5.32 Å². The predicted molar refractivity (Wildman–Crippen MR) is 114 cm³/mol. The van der Waals surface area contributed by atoms with Crippen molar-refractivity contribution in [3.63, 3.8) is 0 Å². The van der Waals surface area contributed by atoms with Crippen LogP contribution in [0, 0.1) is 13.8 Å². The smallest absolute Gasteiger partial charge is 0.243 e. The molecule has 1 saturated heterocycles. The van der Waals surface area contributed by atoms with Crippen LogP contribution in [0.1, 0.15) is 30.9 Å². The molecule has 0 spiro atoms. The molecule has 1 aliphatic rings. The van der Waals surface area contributed by atoms with Crippen LogP contribution in [0.4, 0.5) is 5.69 Å². The van der Waals surface area contributed by atoms with Crippen LogP contribution in [0.5, 0.6) is 0 Å². The summed E-state index contributed by atoms with van der Waals surface area (Å²) in [6.45, 7) is 7.09. The molecule has 1 heterocycles. The fraction of sp³-hybridized carbons (Fsp3) is 0.381. The zero-order valence-corrected chi connectivity index (χ0v) is 18.1. The maximum Gasteiger partial charge on any atom is 0.243 e. The van der Waals surface area contributed by atoms with Crippen LogP contribution in [0.15, 0.2) is 52.3 Å². The summed E-state index contributed by atoms with van der Waals surface area (Å²) in [6, 6.07) is 12.6. The molecule has 5 nitrogen and oxygen atoms in total. The van der Waals surface area contributed by atoms with E-state index >= 15 is 0 Å². The molecule has 0 aromatic heterocycles. The summed E-state index contributed by atoms with van der Waals surface area (Å²) in [5.41, 5.74) is 2.90. The van der Waals surface area contributed by atoms with Gasteiger partial charge in [0.15, 0.2) is 0 Å². The van der Waals surface area contributed by atoms with Gasteiger partial charge in [-0.1, -0.05) is 17.7 Å². The monoisotopic (exact) mass is 418 g/mol. The minimum absolute atomic E-state index is 0.110. The molecule has 0 aliphatic carbocycles. The lowest BCUT2D eigenvalue weighted by Crippen LogP contribution is -2.27. The van der Waals surface area contributed by atoms with Crippen LogP contribution in [0.25, 0.3) is 0 Å². The van der Waals surface area contributed by atoms with Crippen LogP contribution >= 0.6 is 11.8 Å². The second kappa shape index (κ2) is 8.68. The molecule has 150 valence electrons. The first-order chi connectivity index (χ1) is 13.3. The number of anilines is 1. The fourth-order valence-electron chi connectivity index (χ4n) is 3.11. The van der Waals surface area contributed by atoms with Gasteiger partial charge in [-0.15, -0.1) is 11.8 Å². The average molecular weight is 419 g/mol. The number of thioether (sulfide) groups is 1. The van der Waals surface area contributed by atoms with Gasteiger partial charge in [0.1, 0.15) is 0 Å². The van der Waals surface area contributed by atoms with Crippen LogP contribution in [-0.4, -0.2) is 37.0 Å². The molecule has 0 saturated carbocycles. The highest BCUT2D eigenvalue weighted by Crippen LogP contribution is 2.28. The number of amides is 1. The van der Waals surface area contributed by atoms with Gasteiger partial charge in [-0.25, -0.2) is 8.42 Å². The highest BCUT2D eigenvalue weighted by molar-refractivity contribution is 8.00. The standard InChI is InChI=1S/C21H26N2O3S2/c1-15-6-7-16(2)20(14-15)27-17(3)21(24)22-18-8-10-19(11-9-18)28(25,26)23-12-4-5-13-23/h6-11,14,17H,4-5,12-13H2,1-3H3,(H,22,24). The number of benzene rings is 2. The molecule has 0 radical (unpaired) electrons. The van der Waals surface area contributed by atoms with Crippen LogP contribution in [-0.2, 0) is 14.8 Å². The van der Waals surface area contributed by atoms with E-state index in [-0.39, 0.29) is 16.1 Å². The lowest BCUT2D eigenvalue weighted by molar-refractivity contribution is -0.115. The number of rotatable bonds is 6. The average Bonchev–Trinajstić information content (AvgIpc) is 3.21. The number of aryl methyl sites for hydroxylation is 2. The van der Waals surface area contributed by atoms with E-state index in [9.17, 15) is 13.2 Å². The van der Waals surface area contributed by atoms with Crippen molar-refractivity contribution in [2.45, 2.75) is 48.7 Å². The van der Waals surface area contributed by atoms with Crippen molar-refractivity contribution in [1.29, 1.82) is 0 Å². The van der Waals surface area contributed by atoms with E-state index in [1.165, 1.54) is 16.1 Å². The third-order valence-electron chi connectivity index (χ3n) is 4.84. The Morgan fingerprint density at radius 1 is 1.07 bits per heavy atom. The minimum Gasteiger partial charge on any atom is -0.325 e. The molecule has 1 unspecified atom stereocenters. The Bertz CT molecular complexity index is 950. The van der Waals surface area contributed by atoms with Crippen molar-refractivity contribution < 1.29 is 13.2 Å². The summed E-state index contributed by atoms with van der Waals surface area (Å²) in [4.78, 5) is 13.9. The van der Waals surface area contributed by atoms with E-state index in [2.05, 4.69) is 23.5 Å². The summed E-state index contributed by atoms with van der Waals surface area (Å²) in [7, 11) is -3.43. The molecule has 1 aliphatic heterocycles. The number of hydrogen-bond donors (Lipinski definition) is 1. The second-order valence-corrected chi connectivity index (χ2v) is 10.5. The van der Waals surface area contributed by atoms with Gasteiger partial charge >= 0.3 is 0 Å². The van der Waals surface area contributed by atoms with Gasteiger partial charge in [-0.2, -0.15) is 4.31 Å². The van der Waals surface area contributed by atoms with Gasteiger partial charge in [0.05, 0.1) is 10.1 Å². The number of nitrogens with zero attached hydrogens (tertiary/aromatic N) is 1. The van der Waals surface area contributed by atoms with E-state index in [1.807, 2.05) is 20.8 Å². The lowest BCUT2D eigenvalue weighted by Gasteiger charge is -2.16. The molecule has 1 amide bonds. The highest BCUT2D eigenvalue weighted by atomic mass is 32.2. The number of sulfonamides is 1. The van der Waals surface area contributed by atoms with E-state index in [0.29, 0.717) is 18.8 Å². The zero-order valence-electron chi connectivity index (χ0n) is 16.4. The first-order valence-corrected chi connectivity index (χ1v) is 11.7. The first kappa shape index (κ1) is 20.9. The van der Waals surface area contributed by atoms with Gasteiger partial charge in [-0.05, 0) is 69.5 Å². The Morgan fingerprint density at radius 3 is 2.36 bits per heavy atom. The van der Waals surface area contributed by atoms with Crippen molar-refractivity contribution in [2.75, 3.05) is 18.4 Å². The Hall–Kier alpha value is -1.83. The highest BCUT2D eigenvalue weighted by Gasteiger charge is 2.27. The molecule has 1 N–H and O–H groups in total. The van der Waals surface area contributed by atoms with Crippen LogP contribution in [0.3, 0.4) is 0 Å².